The molecule has 5 heteroatoms. The van der Waals surface area contributed by atoms with Gasteiger partial charge >= 0.3 is 0 Å². The number of hydrogen-bond donors (Lipinski definition) is 1. The molecule has 0 saturated carbocycles. The Labute approximate surface area is 138 Å². The molecule has 128 valence electrons. The number of aliphatic hydroxyl groups is 1. The third-order valence-corrected chi connectivity index (χ3v) is 4.68. The van der Waals surface area contributed by atoms with Crippen LogP contribution in [0.25, 0.3) is 0 Å². The number of hydrogen-bond acceptors (Lipinski definition) is 5. The minimum atomic E-state index is -0.434. The van der Waals surface area contributed by atoms with Crippen molar-refractivity contribution < 1.29 is 19.3 Å². The standard InChI is InChI=1S/C18H27NO4/c1-2-15-5-3-4-8-19(15)10-16(20)12-21-11-14-6-7-17-18(9-14)23-13-22-17/h6-7,9,15-16,20H,2-5,8,10-13H2,1H3. The van der Waals surface area contributed by atoms with Gasteiger partial charge in [0.25, 0.3) is 0 Å². The molecule has 0 bridgehead atoms. The van der Waals surface area contributed by atoms with E-state index in [-0.39, 0.29) is 6.79 Å². The maximum atomic E-state index is 10.2. The SMILES string of the molecule is CCC1CCCCN1CC(O)COCc1ccc2c(c1)OCO2. The molecule has 0 aliphatic carbocycles. The molecular formula is C18H27NO4. The van der Waals surface area contributed by atoms with E-state index in [9.17, 15) is 5.11 Å². The lowest BCUT2D eigenvalue weighted by Gasteiger charge is -2.36. The van der Waals surface area contributed by atoms with E-state index in [2.05, 4.69) is 11.8 Å². The van der Waals surface area contributed by atoms with Gasteiger partial charge in [0.2, 0.25) is 6.79 Å². The highest BCUT2D eigenvalue weighted by molar-refractivity contribution is 5.44. The van der Waals surface area contributed by atoms with Gasteiger partial charge < -0.3 is 19.3 Å². The summed E-state index contributed by atoms with van der Waals surface area (Å²) < 4.78 is 16.3. The molecule has 0 amide bonds. The van der Waals surface area contributed by atoms with Gasteiger partial charge in [0.05, 0.1) is 19.3 Å². The van der Waals surface area contributed by atoms with E-state index < -0.39 is 6.10 Å². The number of ether oxygens (including phenoxy) is 3. The number of β-amino-alcohol motifs (C(OH)–C–C–N with tert-alkyl or cyclic N) is 1. The van der Waals surface area contributed by atoms with Crippen molar-refractivity contribution in [3.8, 4) is 11.5 Å². The highest BCUT2D eigenvalue weighted by Crippen LogP contribution is 2.32. The fourth-order valence-corrected chi connectivity index (χ4v) is 3.43. The maximum absolute atomic E-state index is 10.2. The van der Waals surface area contributed by atoms with E-state index in [0.29, 0.717) is 25.8 Å². The molecule has 1 fully saturated rings. The summed E-state index contributed by atoms with van der Waals surface area (Å²) in [5.74, 6) is 1.55. The van der Waals surface area contributed by atoms with Crippen LogP contribution in [0, 0.1) is 0 Å². The van der Waals surface area contributed by atoms with Gasteiger partial charge in [-0.3, -0.25) is 4.90 Å². The van der Waals surface area contributed by atoms with Crippen LogP contribution in [0.15, 0.2) is 18.2 Å². The smallest absolute Gasteiger partial charge is 0.231 e. The summed E-state index contributed by atoms with van der Waals surface area (Å²) in [5, 5.41) is 10.2. The predicted octanol–water partition coefficient (Wildman–Crippen LogP) is 2.56. The van der Waals surface area contributed by atoms with Crippen LogP contribution in [0.3, 0.4) is 0 Å². The fraction of sp³-hybridized carbons (Fsp3) is 0.667. The zero-order valence-electron chi connectivity index (χ0n) is 13.9. The molecule has 2 aliphatic rings. The molecule has 1 aromatic rings. The predicted molar refractivity (Wildman–Crippen MR) is 87.7 cm³/mol. The lowest BCUT2D eigenvalue weighted by molar-refractivity contribution is -0.00379. The van der Waals surface area contributed by atoms with Gasteiger partial charge in [-0.25, -0.2) is 0 Å². The first-order valence-electron chi connectivity index (χ1n) is 8.64. The van der Waals surface area contributed by atoms with Crippen molar-refractivity contribution >= 4 is 0 Å². The van der Waals surface area contributed by atoms with Gasteiger partial charge in [0.15, 0.2) is 11.5 Å². The van der Waals surface area contributed by atoms with Crippen molar-refractivity contribution in [3.05, 3.63) is 23.8 Å². The molecule has 1 saturated heterocycles. The van der Waals surface area contributed by atoms with Crippen LogP contribution in [0.1, 0.15) is 38.2 Å². The Morgan fingerprint density at radius 2 is 2.17 bits per heavy atom. The topological polar surface area (TPSA) is 51.2 Å². The number of aliphatic hydroxyl groups excluding tert-OH is 1. The van der Waals surface area contributed by atoms with Crippen molar-refractivity contribution in [2.24, 2.45) is 0 Å². The number of fused-ring (bicyclic) bond motifs is 1. The molecule has 1 N–H and O–H groups in total. The van der Waals surface area contributed by atoms with Crippen LogP contribution in [-0.2, 0) is 11.3 Å². The van der Waals surface area contributed by atoms with Crippen molar-refractivity contribution in [1.82, 2.24) is 4.90 Å². The summed E-state index contributed by atoms with van der Waals surface area (Å²) in [6, 6.07) is 6.42. The molecule has 2 atom stereocenters. The largest absolute Gasteiger partial charge is 0.454 e. The fourth-order valence-electron chi connectivity index (χ4n) is 3.43. The first kappa shape index (κ1) is 16.6. The third kappa shape index (κ3) is 4.37. The number of nitrogens with zero attached hydrogens (tertiary/aromatic N) is 1. The Hall–Kier alpha value is -1.30. The molecule has 1 aromatic carbocycles. The Balaban J connectivity index is 1.41. The Kier molecular flexibility index (Phi) is 5.75. The first-order valence-corrected chi connectivity index (χ1v) is 8.64. The van der Waals surface area contributed by atoms with Crippen molar-refractivity contribution in [3.63, 3.8) is 0 Å². The Bertz CT molecular complexity index is 508. The normalized spacial score (nSPS) is 22.3. The van der Waals surface area contributed by atoms with Crippen LogP contribution in [0.2, 0.25) is 0 Å². The van der Waals surface area contributed by atoms with Crippen LogP contribution < -0.4 is 9.47 Å². The average Bonchev–Trinajstić information content (AvgIpc) is 3.03. The molecule has 0 spiro atoms. The second kappa shape index (κ2) is 7.99. The van der Waals surface area contributed by atoms with E-state index in [0.717, 1.165) is 30.0 Å². The van der Waals surface area contributed by atoms with Crippen LogP contribution in [0.4, 0.5) is 0 Å². The molecule has 2 heterocycles. The zero-order valence-corrected chi connectivity index (χ0v) is 13.9. The molecule has 23 heavy (non-hydrogen) atoms. The molecule has 0 radical (unpaired) electrons. The molecule has 0 aromatic heterocycles. The summed E-state index contributed by atoms with van der Waals surface area (Å²) in [6.07, 6.45) is 4.52. The second-order valence-corrected chi connectivity index (χ2v) is 6.41. The van der Waals surface area contributed by atoms with Crippen molar-refractivity contribution in [1.29, 1.82) is 0 Å². The summed E-state index contributed by atoms with van der Waals surface area (Å²) in [5.41, 5.74) is 1.03. The van der Waals surface area contributed by atoms with E-state index in [4.69, 9.17) is 14.2 Å². The van der Waals surface area contributed by atoms with Crippen molar-refractivity contribution in [2.45, 2.75) is 51.4 Å². The quantitative estimate of drug-likeness (QED) is 0.836. The number of piperidine rings is 1. The number of likely N-dealkylation sites (tertiary alicyclic amines) is 1. The lowest BCUT2D eigenvalue weighted by Crippen LogP contribution is -2.44. The average molecular weight is 321 g/mol. The minimum Gasteiger partial charge on any atom is -0.454 e. The van der Waals surface area contributed by atoms with Gasteiger partial charge in [0, 0.05) is 12.6 Å². The van der Waals surface area contributed by atoms with E-state index >= 15 is 0 Å². The van der Waals surface area contributed by atoms with Crippen LogP contribution >= 0.6 is 0 Å². The lowest BCUT2D eigenvalue weighted by atomic mass is 10.00. The summed E-state index contributed by atoms with van der Waals surface area (Å²) in [6.45, 7) is 5.15. The molecule has 5 nitrogen and oxygen atoms in total. The molecular weight excluding hydrogens is 294 g/mol. The molecule has 2 aliphatic heterocycles. The van der Waals surface area contributed by atoms with Gasteiger partial charge in [-0.05, 0) is 43.5 Å². The first-order chi connectivity index (χ1) is 11.3. The molecule has 2 unspecified atom stereocenters. The van der Waals surface area contributed by atoms with E-state index in [1.54, 1.807) is 0 Å². The highest BCUT2D eigenvalue weighted by atomic mass is 16.7. The number of rotatable bonds is 7. The van der Waals surface area contributed by atoms with Crippen LogP contribution in [0.5, 0.6) is 11.5 Å². The highest BCUT2D eigenvalue weighted by Gasteiger charge is 2.23. The minimum absolute atomic E-state index is 0.285. The Morgan fingerprint density at radius 1 is 1.30 bits per heavy atom. The van der Waals surface area contributed by atoms with Gasteiger partial charge in [-0.1, -0.05) is 19.4 Å². The van der Waals surface area contributed by atoms with E-state index in [1.165, 1.54) is 19.3 Å². The summed E-state index contributed by atoms with van der Waals surface area (Å²) in [4.78, 5) is 2.41. The zero-order chi connectivity index (χ0) is 16.1. The third-order valence-electron chi connectivity index (χ3n) is 4.68. The number of benzene rings is 1. The van der Waals surface area contributed by atoms with Gasteiger partial charge in [0.1, 0.15) is 0 Å². The maximum Gasteiger partial charge on any atom is 0.231 e. The summed E-state index contributed by atoms with van der Waals surface area (Å²) >= 11 is 0. The van der Waals surface area contributed by atoms with Crippen LogP contribution in [-0.4, -0.2) is 48.6 Å². The second-order valence-electron chi connectivity index (χ2n) is 6.41. The van der Waals surface area contributed by atoms with Gasteiger partial charge in [-0.15, -0.1) is 0 Å². The Morgan fingerprint density at radius 3 is 3.04 bits per heavy atom. The van der Waals surface area contributed by atoms with Crippen molar-refractivity contribution in [2.75, 3.05) is 26.5 Å². The molecule has 3 rings (SSSR count). The monoisotopic (exact) mass is 321 g/mol. The summed E-state index contributed by atoms with van der Waals surface area (Å²) in [7, 11) is 0. The van der Waals surface area contributed by atoms with E-state index in [1.807, 2.05) is 18.2 Å². The van der Waals surface area contributed by atoms with Gasteiger partial charge in [-0.2, -0.15) is 0 Å².